The predicted octanol–water partition coefficient (Wildman–Crippen LogP) is 0.846. The molecule has 1 rings (SSSR count). The van der Waals surface area contributed by atoms with Gasteiger partial charge >= 0.3 is 0 Å². The third-order valence-corrected chi connectivity index (χ3v) is 2.84. The van der Waals surface area contributed by atoms with Crippen LogP contribution in [-0.2, 0) is 4.74 Å². The van der Waals surface area contributed by atoms with Crippen LogP contribution >= 0.6 is 0 Å². The molecule has 0 aliphatic carbocycles. The van der Waals surface area contributed by atoms with Gasteiger partial charge in [-0.05, 0) is 31.2 Å². The molecule has 0 aromatic heterocycles. The van der Waals surface area contributed by atoms with Crippen LogP contribution in [0.4, 0.5) is 5.69 Å². The second-order valence-corrected chi connectivity index (χ2v) is 4.65. The average Bonchev–Trinajstić information content (AvgIpc) is 2.39. The first-order valence-electron chi connectivity index (χ1n) is 6.35. The largest absolute Gasteiger partial charge is 0.383 e. The van der Waals surface area contributed by atoms with Gasteiger partial charge in [0.1, 0.15) is 0 Å². The lowest BCUT2D eigenvalue weighted by molar-refractivity contribution is 0.0893. The van der Waals surface area contributed by atoms with Crippen molar-refractivity contribution in [2.45, 2.75) is 12.5 Å². The highest BCUT2D eigenvalue weighted by atomic mass is 16.5. The molecule has 0 spiro atoms. The molecule has 1 unspecified atom stereocenters. The van der Waals surface area contributed by atoms with E-state index >= 15 is 0 Å². The number of anilines is 1. The summed E-state index contributed by atoms with van der Waals surface area (Å²) in [6, 6.07) is 7.45. The summed E-state index contributed by atoms with van der Waals surface area (Å²) in [6.45, 7) is 0.988. The molecule has 5 heteroatoms. The lowest BCUT2D eigenvalue weighted by atomic mass is 10.1. The third-order valence-electron chi connectivity index (χ3n) is 2.84. The number of nitrogens with two attached hydrogens (primary N) is 1. The van der Waals surface area contributed by atoms with E-state index in [0.29, 0.717) is 25.1 Å². The van der Waals surface area contributed by atoms with Crippen LogP contribution in [0.15, 0.2) is 24.3 Å². The lowest BCUT2D eigenvalue weighted by Gasteiger charge is -2.18. The van der Waals surface area contributed by atoms with Crippen LogP contribution < -0.4 is 16.0 Å². The van der Waals surface area contributed by atoms with Crippen LogP contribution in [0, 0.1) is 0 Å². The average molecular weight is 265 g/mol. The smallest absolute Gasteiger partial charge is 0.251 e. The van der Waals surface area contributed by atoms with Gasteiger partial charge in [-0.3, -0.25) is 4.79 Å². The van der Waals surface area contributed by atoms with Crippen molar-refractivity contribution in [2.24, 2.45) is 5.73 Å². The summed E-state index contributed by atoms with van der Waals surface area (Å²) >= 11 is 0. The Kier molecular flexibility index (Phi) is 6.32. The minimum Gasteiger partial charge on any atom is -0.383 e. The van der Waals surface area contributed by atoms with Crippen molar-refractivity contribution < 1.29 is 9.53 Å². The van der Waals surface area contributed by atoms with Gasteiger partial charge in [-0.25, -0.2) is 0 Å². The van der Waals surface area contributed by atoms with Gasteiger partial charge in [-0.15, -0.1) is 0 Å². The highest BCUT2D eigenvalue weighted by molar-refractivity contribution is 5.95. The van der Waals surface area contributed by atoms with E-state index in [1.54, 1.807) is 13.2 Å². The number of amides is 1. The molecule has 1 amide bonds. The number of hydrogen-bond donors (Lipinski definition) is 2. The van der Waals surface area contributed by atoms with E-state index in [4.69, 9.17) is 10.5 Å². The minimum atomic E-state index is -0.0980. The molecular formula is C14H23N3O2. The Bertz CT molecular complexity index is 401. The monoisotopic (exact) mass is 265 g/mol. The van der Waals surface area contributed by atoms with Crippen molar-refractivity contribution in [1.82, 2.24) is 5.32 Å². The highest BCUT2D eigenvalue weighted by Crippen LogP contribution is 2.13. The maximum absolute atomic E-state index is 12.2. The maximum atomic E-state index is 12.2. The Morgan fingerprint density at radius 1 is 1.47 bits per heavy atom. The molecule has 106 valence electrons. The topological polar surface area (TPSA) is 67.6 Å². The number of nitrogens with one attached hydrogen (secondary N) is 1. The molecule has 0 radical (unpaired) electrons. The van der Waals surface area contributed by atoms with E-state index in [9.17, 15) is 4.79 Å². The normalized spacial score (nSPS) is 12.0. The number of hydrogen-bond acceptors (Lipinski definition) is 4. The molecule has 1 aromatic carbocycles. The molecule has 0 saturated carbocycles. The van der Waals surface area contributed by atoms with Crippen molar-refractivity contribution in [2.75, 3.05) is 39.3 Å². The van der Waals surface area contributed by atoms with E-state index in [0.717, 1.165) is 5.69 Å². The van der Waals surface area contributed by atoms with Gasteiger partial charge in [0.15, 0.2) is 0 Å². The van der Waals surface area contributed by atoms with E-state index < -0.39 is 0 Å². The Morgan fingerprint density at radius 2 is 2.21 bits per heavy atom. The molecule has 0 bridgehead atoms. The van der Waals surface area contributed by atoms with Crippen LogP contribution in [0.3, 0.4) is 0 Å². The fourth-order valence-electron chi connectivity index (χ4n) is 1.79. The SMILES string of the molecule is COCC(CCN)NC(=O)c1cccc(N(C)C)c1. The molecule has 0 saturated heterocycles. The number of nitrogens with zero attached hydrogens (tertiary/aromatic N) is 1. The van der Waals surface area contributed by atoms with Crippen molar-refractivity contribution in [3.8, 4) is 0 Å². The third kappa shape index (κ3) is 4.89. The Labute approximate surface area is 114 Å². The highest BCUT2D eigenvalue weighted by Gasteiger charge is 2.13. The molecule has 0 heterocycles. The zero-order valence-electron chi connectivity index (χ0n) is 11.8. The van der Waals surface area contributed by atoms with Gasteiger partial charge in [0.2, 0.25) is 0 Å². The summed E-state index contributed by atoms with van der Waals surface area (Å²) in [5.41, 5.74) is 7.16. The van der Waals surface area contributed by atoms with Gasteiger partial charge < -0.3 is 20.7 Å². The molecule has 3 N–H and O–H groups in total. The Balaban J connectivity index is 2.73. The van der Waals surface area contributed by atoms with Crippen molar-refractivity contribution in [3.05, 3.63) is 29.8 Å². The van der Waals surface area contributed by atoms with Crippen molar-refractivity contribution in [3.63, 3.8) is 0 Å². The first-order valence-corrected chi connectivity index (χ1v) is 6.35. The predicted molar refractivity (Wildman–Crippen MR) is 77.6 cm³/mol. The number of carbonyl (C=O) groups is 1. The van der Waals surface area contributed by atoms with E-state index in [1.807, 2.05) is 37.2 Å². The van der Waals surface area contributed by atoms with E-state index in [1.165, 1.54) is 0 Å². The molecule has 0 aliphatic rings. The standard InChI is InChI=1S/C14H23N3O2/c1-17(2)13-6-4-5-11(9-13)14(18)16-12(7-8-15)10-19-3/h4-6,9,12H,7-8,10,15H2,1-3H3,(H,16,18). The first-order chi connectivity index (χ1) is 9.08. The van der Waals surface area contributed by atoms with Gasteiger partial charge in [0.25, 0.3) is 5.91 Å². The second kappa shape index (κ2) is 7.76. The Hall–Kier alpha value is -1.59. The van der Waals surface area contributed by atoms with Crippen LogP contribution in [0.5, 0.6) is 0 Å². The fourth-order valence-corrected chi connectivity index (χ4v) is 1.79. The number of benzene rings is 1. The van der Waals surface area contributed by atoms with E-state index in [-0.39, 0.29) is 11.9 Å². The van der Waals surface area contributed by atoms with Gasteiger partial charge in [0, 0.05) is 32.5 Å². The van der Waals surface area contributed by atoms with Crippen LogP contribution in [0.25, 0.3) is 0 Å². The van der Waals surface area contributed by atoms with Crippen LogP contribution in [0.1, 0.15) is 16.8 Å². The maximum Gasteiger partial charge on any atom is 0.251 e. The molecule has 0 fully saturated rings. The summed E-state index contributed by atoms with van der Waals surface area (Å²) in [5.74, 6) is -0.0980. The molecule has 19 heavy (non-hydrogen) atoms. The fraction of sp³-hybridized carbons (Fsp3) is 0.500. The summed E-state index contributed by atoms with van der Waals surface area (Å²) < 4.78 is 5.08. The molecule has 5 nitrogen and oxygen atoms in total. The number of methoxy groups -OCH3 is 1. The molecular weight excluding hydrogens is 242 g/mol. The second-order valence-electron chi connectivity index (χ2n) is 4.65. The Morgan fingerprint density at radius 3 is 2.79 bits per heavy atom. The minimum absolute atomic E-state index is 0.0505. The summed E-state index contributed by atoms with van der Waals surface area (Å²) in [7, 11) is 5.50. The molecule has 1 aromatic rings. The van der Waals surface area contributed by atoms with E-state index in [2.05, 4.69) is 5.32 Å². The number of ether oxygens (including phenoxy) is 1. The van der Waals surface area contributed by atoms with Crippen LogP contribution in [-0.4, -0.2) is 46.3 Å². The lowest BCUT2D eigenvalue weighted by Crippen LogP contribution is -2.39. The van der Waals surface area contributed by atoms with Gasteiger partial charge in [-0.2, -0.15) is 0 Å². The van der Waals surface area contributed by atoms with Gasteiger partial charge in [0.05, 0.1) is 12.6 Å². The first kappa shape index (κ1) is 15.5. The molecule has 0 aliphatic heterocycles. The summed E-state index contributed by atoms with van der Waals surface area (Å²) in [5, 5.41) is 2.94. The van der Waals surface area contributed by atoms with Crippen molar-refractivity contribution >= 4 is 11.6 Å². The molecule has 1 atom stereocenters. The zero-order valence-corrected chi connectivity index (χ0v) is 11.8. The number of rotatable bonds is 7. The van der Waals surface area contributed by atoms with Crippen molar-refractivity contribution in [1.29, 1.82) is 0 Å². The summed E-state index contributed by atoms with van der Waals surface area (Å²) in [6.07, 6.45) is 0.701. The van der Waals surface area contributed by atoms with Crippen LogP contribution in [0.2, 0.25) is 0 Å². The number of carbonyl (C=O) groups excluding carboxylic acids is 1. The zero-order chi connectivity index (χ0) is 14.3. The van der Waals surface area contributed by atoms with Gasteiger partial charge in [-0.1, -0.05) is 6.07 Å². The quantitative estimate of drug-likeness (QED) is 0.767. The summed E-state index contributed by atoms with van der Waals surface area (Å²) in [4.78, 5) is 14.1.